The molecule has 94 valence electrons. The third-order valence-electron chi connectivity index (χ3n) is 3.84. The maximum Gasteiger partial charge on any atom is 0.0666 e. The van der Waals surface area contributed by atoms with Crippen molar-refractivity contribution in [2.75, 3.05) is 31.7 Å². The Hall–Kier alpha value is 0.270. The molecular formula is C13H25NOS. The van der Waals surface area contributed by atoms with Crippen LogP contribution in [0.25, 0.3) is 0 Å². The van der Waals surface area contributed by atoms with E-state index in [-0.39, 0.29) is 0 Å². The van der Waals surface area contributed by atoms with Crippen molar-refractivity contribution < 1.29 is 4.74 Å². The average molecular weight is 243 g/mol. The van der Waals surface area contributed by atoms with Crippen LogP contribution in [0.4, 0.5) is 0 Å². The monoisotopic (exact) mass is 243 g/mol. The summed E-state index contributed by atoms with van der Waals surface area (Å²) in [4.78, 5) is 2.55. The Labute approximate surface area is 104 Å². The summed E-state index contributed by atoms with van der Waals surface area (Å²) in [5.74, 6) is 2.53. The summed E-state index contributed by atoms with van der Waals surface area (Å²) in [6.07, 6.45) is 8.74. The molecule has 0 saturated carbocycles. The quantitative estimate of drug-likeness (QED) is 0.689. The predicted octanol–water partition coefficient (Wildman–Crippen LogP) is 2.77. The van der Waals surface area contributed by atoms with Crippen molar-refractivity contribution in [2.45, 2.75) is 50.7 Å². The molecule has 2 aliphatic heterocycles. The van der Waals surface area contributed by atoms with E-state index in [4.69, 9.17) is 4.74 Å². The van der Waals surface area contributed by atoms with Gasteiger partial charge >= 0.3 is 0 Å². The maximum absolute atomic E-state index is 5.63. The van der Waals surface area contributed by atoms with Gasteiger partial charge in [-0.05, 0) is 51.4 Å². The Morgan fingerprint density at radius 3 is 2.94 bits per heavy atom. The largest absolute Gasteiger partial charge is 0.377 e. The second kappa shape index (κ2) is 6.87. The number of ether oxygens (including phenoxy) is 1. The number of hydrogen-bond acceptors (Lipinski definition) is 3. The zero-order chi connectivity index (χ0) is 11.2. The van der Waals surface area contributed by atoms with E-state index in [9.17, 15) is 0 Å². The second-order valence-electron chi connectivity index (χ2n) is 5.13. The summed E-state index contributed by atoms with van der Waals surface area (Å²) in [5.41, 5.74) is 0. The highest BCUT2D eigenvalue weighted by atomic mass is 32.2. The number of thioether (sulfide) groups is 1. The molecule has 2 atom stereocenters. The van der Waals surface area contributed by atoms with E-state index in [1.807, 2.05) is 0 Å². The molecule has 16 heavy (non-hydrogen) atoms. The Morgan fingerprint density at radius 1 is 1.25 bits per heavy atom. The first-order valence-corrected chi connectivity index (χ1v) is 7.91. The van der Waals surface area contributed by atoms with Crippen LogP contribution in [-0.4, -0.2) is 48.8 Å². The minimum absolute atomic E-state index is 0.564. The molecule has 2 unspecified atom stereocenters. The molecule has 0 radical (unpaired) electrons. The van der Waals surface area contributed by atoms with Crippen molar-refractivity contribution in [3.05, 3.63) is 0 Å². The van der Waals surface area contributed by atoms with Crippen LogP contribution in [0.2, 0.25) is 0 Å². The number of likely N-dealkylation sites (tertiary alicyclic amines) is 1. The van der Waals surface area contributed by atoms with Crippen LogP contribution in [0.15, 0.2) is 0 Å². The fourth-order valence-corrected chi connectivity index (χ4v) is 3.85. The summed E-state index contributed by atoms with van der Waals surface area (Å²) in [5, 5.41) is 0. The maximum atomic E-state index is 5.63. The van der Waals surface area contributed by atoms with Gasteiger partial charge in [-0.3, -0.25) is 0 Å². The molecule has 0 spiro atoms. The molecule has 2 aliphatic rings. The Morgan fingerprint density at radius 2 is 2.19 bits per heavy atom. The van der Waals surface area contributed by atoms with Gasteiger partial charge in [-0.2, -0.15) is 11.8 Å². The Bertz CT molecular complexity index is 194. The summed E-state index contributed by atoms with van der Waals surface area (Å²) < 4.78 is 5.63. The highest BCUT2D eigenvalue weighted by molar-refractivity contribution is 7.99. The number of rotatable bonds is 5. The molecule has 0 aromatic heterocycles. The van der Waals surface area contributed by atoms with Crippen LogP contribution in [0.1, 0.15) is 38.5 Å². The summed E-state index contributed by atoms with van der Waals surface area (Å²) in [7, 11) is 2.29. The zero-order valence-corrected chi connectivity index (χ0v) is 11.3. The number of hydrogen-bond donors (Lipinski definition) is 0. The van der Waals surface area contributed by atoms with Gasteiger partial charge in [-0.15, -0.1) is 0 Å². The standard InChI is InChI=1S/C13H25NOS/c1-14-8-3-2-5-12(14)7-10-16-11-13-6-4-9-15-13/h12-13H,2-11H2,1H3. The van der Waals surface area contributed by atoms with E-state index in [2.05, 4.69) is 23.7 Å². The van der Waals surface area contributed by atoms with Gasteiger partial charge in [0.05, 0.1) is 6.10 Å². The van der Waals surface area contributed by atoms with Crippen LogP contribution < -0.4 is 0 Å². The molecule has 0 amide bonds. The van der Waals surface area contributed by atoms with E-state index in [0.717, 1.165) is 12.6 Å². The van der Waals surface area contributed by atoms with Crippen LogP contribution in [0, 0.1) is 0 Å². The van der Waals surface area contributed by atoms with Crippen molar-refractivity contribution in [3.63, 3.8) is 0 Å². The summed E-state index contributed by atoms with van der Waals surface area (Å²) in [6.45, 7) is 2.30. The fourth-order valence-electron chi connectivity index (χ4n) is 2.72. The van der Waals surface area contributed by atoms with Gasteiger partial charge in [0.25, 0.3) is 0 Å². The molecule has 2 heterocycles. The molecule has 0 N–H and O–H groups in total. The van der Waals surface area contributed by atoms with E-state index in [1.54, 1.807) is 0 Å². The van der Waals surface area contributed by atoms with Crippen LogP contribution >= 0.6 is 11.8 Å². The summed E-state index contributed by atoms with van der Waals surface area (Å²) >= 11 is 2.09. The van der Waals surface area contributed by atoms with E-state index in [0.29, 0.717) is 6.10 Å². The zero-order valence-electron chi connectivity index (χ0n) is 10.5. The first kappa shape index (κ1) is 12.7. The topological polar surface area (TPSA) is 12.5 Å². The lowest BCUT2D eigenvalue weighted by atomic mass is 10.0. The van der Waals surface area contributed by atoms with Crippen molar-refractivity contribution in [1.29, 1.82) is 0 Å². The summed E-state index contributed by atoms with van der Waals surface area (Å²) in [6, 6.07) is 0.853. The average Bonchev–Trinajstić information content (AvgIpc) is 2.79. The minimum Gasteiger partial charge on any atom is -0.377 e. The van der Waals surface area contributed by atoms with Crippen molar-refractivity contribution in [1.82, 2.24) is 4.90 Å². The van der Waals surface area contributed by atoms with Crippen LogP contribution in [0.5, 0.6) is 0 Å². The van der Waals surface area contributed by atoms with Crippen LogP contribution in [-0.2, 0) is 4.74 Å². The van der Waals surface area contributed by atoms with Crippen molar-refractivity contribution in [2.24, 2.45) is 0 Å². The highest BCUT2D eigenvalue weighted by Gasteiger charge is 2.19. The van der Waals surface area contributed by atoms with Gasteiger partial charge in [0.15, 0.2) is 0 Å². The van der Waals surface area contributed by atoms with E-state index < -0.39 is 0 Å². The minimum atomic E-state index is 0.564. The van der Waals surface area contributed by atoms with E-state index in [1.165, 1.54) is 56.6 Å². The molecule has 3 heteroatoms. The third kappa shape index (κ3) is 3.94. The lowest BCUT2D eigenvalue weighted by Crippen LogP contribution is -2.36. The molecule has 0 aliphatic carbocycles. The molecule has 0 bridgehead atoms. The van der Waals surface area contributed by atoms with Gasteiger partial charge in [0.2, 0.25) is 0 Å². The first-order valence-electron chi connectivity index (χ1n) is 6.76. The van der Waals surface area contributed by atoms with Gasteiger partial charge in [-0.25, -0.2) is 0 Å². The first-order chi connectivity index (χ1) is 7.86. The van der Waals surface area contributed by atoms with E-state index >= 15 is 0 Å². The normalized spacial score (nSPS) is 32.1. The SMILES string of the molecule is CN1CCCCC1CCSCC1CCCO1. The molecule has 2 saturated heterocycles. The lowest BCUT2D eigenvalue weighted by Gasteiger charge is -2.32. The third-order valence-corrected chi connectivity index (χ3v) is 4.98. The highest BCUT2D eigenvalue weighted by Crippen LogP contribution is 2.22. The van der Waals surface area contributed by atoms with Gasteiger partial charge in [0, 0.05) is 18.4 Å². The predicted molar refractivity (Wildman–Crippen MR) is 71.2 cm³/mol. The number of piperidine rings is 1. The van der Waals surface area contributed by atoms with Crippen LogP contribution in [0.3, 0.4) is 0 Å². The number of nitrogens with zero attached hydrogens (tertiary/aromatic N) is 1. The van der Waals surface area contributed by atoms with Crippen molar-refractivity contribution in [3.8, 4) is 0 Å². The molecular weight excluding hydrogens is 218 g/mol. The molecule has 0 aromatic rings. The molecule has 0 aromatic carbocycles. The smallest absolute Gasteiger partial charge is 0.0666 e. The molecule has 2 fully saturated rings. The second-order valence-corrected chi connectivity index (χ2v) is 6.28. The lowest BCUT2D eigenvalue weighted by molar-refractivity contribution is 0.129. The molecule has 2 rings (SSSR count). The van der Waals surface area contributed by atoms with Gasteiger partial charge < -0.3 is 9.64 Å². The van der Waals surface area contributed by atoms with Crippen molar-refractivity contribution >= 4 is 11.8 Å². The van der Waals surface area contributed by atoms with Gasteiger partial charge in [0.1, 0.15) is 0 Å². The fraction of sp³-hybridized carbons (Fsp3) is 1.00. The Balaban J connectivity index is 1.53. The Kier molecular flexibility index (Phi) is 5.46. The van der Waals surface area contributed by atoms with Gasteiger partial charge in [-0.1, -0.05) is 6.42 Å². The molecule has 2 nitrogen and oxygen atoms in total.